The highest BCUT2D eigenvalue weighted by Gasteiger charge is 2.33. The van der Waals surface area contributed by atoms with Crippen LogP contribution in [0.15, 0.2) is 24.3 Å². The summed E-state index contributed by atoms with van der Waals surface area (Å²) >= 11 is 0. The van der Waals surface area contributed by atoms with Gasteiger partial charge in [0.05, 0.1) is 6.42 Å². The summed E-state index contributed by atoms with van der Waals surface area (Å²) in [5, 5.41) is 0. The quantitative estimate of drug-likeness (QED) is 0.496. The highest BCUT2D eigenvalue weighted by molar-refractivity contribution is 5.99. The monoisotopic (exact) mass is 396 g/mol. The molecule has 0 N–H and O–H groups in total. The van der Waals surface area contributed by atoms with Crippen LogP contribution in [0.5, 0.6) is 0 Å². The Kier molecular flexibility index (Phi) is 9.33. The van der Waals surface area contributed by atoms with Gasteiger partial charge in [-0.1, -0.05) is 64.3 Å². The van der Waals surface area contributed by atoms with Crippen LogP contribution in [-0.4, -0.2) is 11.6 Å². The Morgan fingerprint density at radius 3 is 2.48 bits per heavy atom. The van der Waals surface area contributed by atoms with Gasteiger partial charge in [0.15, 0.2) is 0 Å². The minimum atomic E-state index is 0.00486. The lowest BCUT2D eigenvalue weighted by atomic mass is 9.72. The van der Waals surface area contributed by atoms with Crippen molar-refractivity contribution in [3.8, 4) is 0 Å². The fourth-order valence-electron chi connectivity index (χ4n) is 5.26. The van der Waals surface area contributed by atoms with Gasteiger partial charge in [0.2, 0.25) is 0 Å². The van der Waals surface area contributed by atoms with Crippen molar-refractivity contribution in [2.45, 2.75) is 92.4 Å². The summed E-state index contributed by atoms with van der Waals surface area (Å²) in [5.74, 6) is 1.29. The van der Waals surface area contributed by atoms with E-state index in [1.54, 1.807) is 0 Å². The number of carbonyl (C=O) groups is 2. The van der Waals surface area contributed by atoms with Crippen LogP contribution in [0, 0.1) is 24.7 Å². The zero-order valence-corrected chi connectivity index (χ0v) is 19.2. The van der Waals surface area contributed by atoms with E-state index < -0.39 is 0 Å². The third kappa shape index (κ3) is 6.39. The van der Waals surface area contributed by atoms with Crippen LogP contribution in [0.4, 0.5) is 0 Å². The fourth-order valence-corrected chi connectivity index (χ4v) is 5.26. The van der Waals surface area contributed by atoms with Crippen molar-refractivity contribution in [3.63, 3.8) is 0 Å². The van der Waals surface area contributed by atoms with E-state index in [1.165, 1.54) is 35.6 Å². The van der Waals surface area contributed by atoms with E-state index in [0.29, 0.717) is 11.8 Å². The number of fused-ring (bicyclic) bond motifs is 4. The molecule has 3 atom stereocenters. The van der Waals surface area contributed by atoms with E-state index in [9.17, 15) is 9.59 Å². The van der Waals surface area contributed by atoms with Crippen molar-refractivity contribution >= 4 is 17.1 Å². The van der Waals surface area contributed by atoms with Crippen LogP contribution in [0.25, 0.3) is 5.57 Å². The highest BCUT2D eigenvalue weighted by Crippen LogP contribution is 2.43. The van der Waals surface area contributed by atoms with Crippen molar-refractivity contribution in [2.24, 2.45) is 17.8 Å². The van der Waals surface area contributed by atoms with Crippen LogP contribution in [0.2, 0.25) is 0 Å². The van der Waals surface area contributed by atoms with Crippen molar-refractivity contribution in [2.75, 3.05) is 0 Å². The lowest BCUT2D eigenvalue weighted by Gasteiger charge is -2.32. The average molecular weight is 397 g/mol. The van der Waals surface area contributed by atoms with E-state index in [1.807, 2.05) is 0 Å². The number of Topliss-reactive ketones (excluding diaryl/α,β-unsaturated/α-hetero) is 2. The highest BCUT2D eigenvalue weighted by atomic mass is 16.1. The number of hydrogen-bond donors (Lipinski definition) is 0. The molecule has 2 aliphatic rings. The number of rotatable bonds is 5. The Hall–Kier alpha value is -1.70. The van der Waals surface area contributed by atoms with Gasteiger partial charge in [-0.25, -0.2) is 0 Å². The summed E-state index contributed by atoms with van der Waals surface area (Å²) in [6, 6.07) is 6.68. The van der Waals surface area contributed by atoms with Gasteiger partial charge in [-0.3, -0.25) is 9.59 Å². The van der Waals surface area contributed by atoms with Gasteiger partial charge < -0.3 is 0 Å². The molecule has 1 aromatic rings. The number of ketones is 2. The standard InChI is InChI=1S/C24H32O2.C3H8/c1-4-7-19-13-18-14-20-9-5-8-16(2)24(20)21(15-18)10-6-11-22(19)23(26)12-17(3)25;1-3-2/h5,8-10,18-19,22H,4,6-7,11-15H2,1-3H3;3H2,1-2H3/b21-10+;. The molecule has 0 radical (unpaired) electrons. The van der Waals surface area contributed by atoms with Gasteiger partial charge in [-0.15, -0.1) is 0 Å². The van der Waals surface area contributed by atoms with E-state index in [0.717, 1.165) is 44.9 Å². The van der Waals surface area contributed by atoms with Gasteiger partial charge in [-0.05, 0) is 80.1 Å². The number of allylic oxidation sites excluding steroid dienone is 2. The summed E-state index contributed by atoms with van der Waals surface area (Å²) < 4.78 is 0. The number of hydrogen-bond acceptors (Lipinski definition) is 2. The summed E-state index contributed by atoms with van der Waals surface area (Å²) in [6.07, 6.45) is 11.2. The fraction of sp³-hybridized carbons (Fsp3) is 0.630. The Morgan fingerprint density at radius 2 is 1.83 bits per heavy atom. The molecule has 0 amide bonds. The van der Waals surface area contributed by atoms with Crippen LogP contribution in [0.3, 0.4) is 0 Å². The number of aryl methyl sites for hydroxylation is 1. The smallest absolute Gasteiger partial charge is 0.143 e. The molecule has 0 spiro atoms. The molecule has 3 rings (SSSR count). The molecule has 0 saturated heterocycles. The lowest BCUT2D eigenvalue weighted by Crippen LogP contribution is -2.28. The van der Waals surface area contributed by atoms with E-state index >= 15 is 0 Å². The summed E-state index contributed by atoms with van der Waals surface area (Å²) in [6.45, 7) is 10.2. The van der Waals surface area contributed by atoms with E-state index in [2.05, 4.69) is 52.0 Å². The SMILES string of the molecule is CCC.CCCC1CC2C/C(=C\CCC1C(=O)CC(C)=O)c1c(C)cccc1C2. The molecule has 1 aromatic carbocycles. The van der Waals surface area contributed by atoms with Crippen LogP contribution in [0.1, 0.15) is 95.8 Å². The Bertz CT molecular complexity index is 728. The molecular formula is C27H40O2. The summed E-state index contributed by atoms with van der Waals surface area (Å²) in [5.41, 5.74) is 5.81. The Morgan fingerprint density at radius 1 is 1.10 bits per heavy atom. The summed E-state index contributed by atoms with van der Waals surface area (Å²) in [4.78, 5) is 24.3. The zero-order valence-electron chi connectivity index (χ0n) is 19.2. The zero-order chi connectivity index (χ0) is 21.4. The first-order chi connectivity index (χ1) is 13.9. The van der Waals surface area contributed by atoms with Crippen molar-refractivity contribution in [1.82, 2.24) is 0 Å². The van der Waals surface area contributed by atoms with Crippen molar-refractivity contribution in [1.29, 1.82) is 0 Å². The largest absolute Gasteiger partial charge is 0.300 e. The van der Waals surface area contributed by atoms with Gasteiger partial charge >= 0.3 is 0 Å². The molecule has 2 heteroatoms. The molecule has 2 bridgehead atoms. The molecule has 0 fully saturated rings. The van der Waals surface area contributed by atoms with Crippen LogP contribution in [-0.2, 0) is 16.0 Å². The molecule has 0 heterocycles. The normalized spacial score (nSPS) is 25.1. The third-order valence-corrected chi connectivity index (χ3v) is 6.27. The molecule has 2 nitrogen and oxygen atoms in total. The first-order valence-electron chi connectivity index (χ1n) is 11.7. The average Bonchev–Trinajstić information content (AvgIpc) is 2.70. The molecule has 29 heavy (non-hydrogen) atoms. The van der Waals surface area contributed by atoms with Crippen molar-refractivity contribution in [3.05, 3.63) is 41.0 Å². The van der Waals surface area contributed by atoms with Crippen LogP contribution < -0.4 is 0 Å². The molecule has 3 unspecified atom stereocenters. The predicted molar refractivity (Wildman–Crippen MR) is 123 cm³/mol. The number of benzene rings is 1. The van der Waals surface area contributed by atoms with Gasteiger partial charge in [0.1, 0.15) is 11.6 Å². The van der Waals surface area contributed by atoms with Crippen molar-refractivity contribution < 1.29 is 9.59 Å². The molecule has 160 valence electrons. The summed E-state index contributed by atoms with van der Waals surface area (Å²) in [7, 11) is 0. The van der Waals surface area contributed by atoms with Gasteiger partial charge in [0, 0.05) is 5.92 Å². The maximum absolute atomic E-state index is 12.8. The molecular weight excluding hydrogens is 356 g/mol. The first kappa shape index (κ1) is 23.6. The first-order valence-corrected chi connectivity index (χ1v) is 11.7. The second kappa shape index (κ2) is 11.5. The predicted octanol–water partition coefficient (Wildman–Crippen LogP) is 7.12. The maximum atomic E-state index is 12.8. The lowest BCUT2D eigenvalue weighted by molar-refractivity contribution is -0.130. The minimum absolute atomic E-state index is 0.00486. The molecule has 0 aliphatic heterocycles. The Balaban J connectivity index is 0.000000941. The minimum Gasteiger partial charge on any atom is -0.300 e. The second-order valence-corrected chi connectivity index (χ2v) is 9.13. The molecule has 2 aliphatic carbocycles. The van der Waals surface area contributed by atoms with Crippen LogP contribution >= 0.6 is 0 Å². The number of carbonyl (C=O) groups excluding carboxylic acids is 2. The van der Waals surface area contributed by atoms with Gasteiger partial charge in [0.25, 0.3) is 0 Å². The van der Waals surface area contributed by atoms with E-state index in [-0.39, 0.29) is 23.9 Å². The maximum Gasteiger partial charge on any atom is 0.143 e. The van der Waals surface area contributed by atoms with E-state index in [4.69, 9.17) is 0 Å². The topological polar surface area (TPSA) is 34.1 Å². The third-order valence-electron chi connectivity index (χ3n) is 6.27. The molecule has 0 saturated carbocycles. The second-order valence-electron chi connectivity index (χ2n) is 9.13. The molecule has 0 aromatic heterocycles. The van der Waals surface area contributed by atoms with Gasteiger partial charge in [-0.2, -0.15) is 0 Å². The Labute approximate surface area is 178 Å².